The molecule has 0 bridgehead atoms. The van der Waals surface area contributed by atoms with Gasteiger partial charge < -0.3 is 14.8 Å². The fourth-order valence-corrected chi connectivity index (χ4v) is 2.25. The largest absolute Gasteiger partial charge is 0.497 e. The van der Waals surface area contributed by atoms with Crippen molar-refractivity contribution in [3.8, 4) is 17.0 Å². The number of nitrogens with zero attached hydrogens (tertiary/aromatic N) is 3. The van der Waals surface area contributed by atoms with Crippen LogP contribution in [0.25, 0.3) is 11.3 Å². The normalized spacial score (nSPS) is 10.6. The summed E-state index contributed by atoms with van der Waals surface area (Å²) in [5.74, 6) is 0.819. The minimum Gasteiger partial charge on any atom is -0.497 e. The second kappa shape index (κ2) is 6.64. The molecule has 3 aromatic rings. The number of aromatic nitrogens is 3. The topological polar surface area (TPSA) is 80.4 Å². The van der Waals surface area contributed by atoms with Gasteiger partial charge in [0, 0.05) is 5.56 Å². The first-order chi connectivity index (χ1) is 11.2. The molecule has 0 spiro atoms. The van der Waals surface area contributed by atoms with E-state index >= 15 is 0 Å². The van der Waals surface area contributed by atoms with Crippen molar-refractivity contribution in [2.45, 2.75) is 6.54 Å². The van der Waals surface area contributed by atoms with Crippen LogP contribution in [0.5, 0.6) is 5.75 Å². The van der Waals surface area contributed by atoms with E-state index in [0.29, 0.717) is 12.0 Å². The number of methoxy groups -OCH3 is 1. The summed E-state index contributed by atoms with van der Waals surface area (Å²) in [5.41, 5.74) is 3.15. The summed E-state index contributed by atoms with van der Waals surface area (Å²) in [6.45, 7) is 0.616. The average Bonchev–Trinajstić information content (AvgIpc) is 3.04. The highest BCUT2D eigenvalue weighted by Gasteiger charge is 2.11. The number of rotatable bonds is 5. The van der Waals surface area contributed by atoms with E-state index in [1.54, 1.807) is 36.1 Å². The van der Waals surface area contributed by atoms with Gasteiger partial charge in [0.1, 0.15) is 11.4 Å². The van der Waals surface area contributed by atoms with E-state index < -0.39 is 7.12 Å². The second-order valence-electron chi connectivity index (χ2n) is 5.15. The van der Waals surface area contributed by atoms with Crippen molar-refractivity contribution in [2.24, 2.45) is 0 Å². The van der Waals surface area contributed by atoms with Crippen LogP contribution in [0.3, 0.4) is 0 Å². The van der Waals surface area contributed by atoms with Crippen LogP contribution in [0.2, 0.25) is 0 Å². The Hall–Kier alpha value is -2.64. The maximum Gasteiger partial charge on any atom is 0.488 e. The van der Waals surface area contributed by atoms with Crippen LogP contribution in [-0.2, 0) is 6.54 Å². The van der Waals surface area contributed by atoms with Crippen LogP contribution >= 0.6 is 0 Å². The van der Waals surface area contributed by atoms with Gasteiger partial charge in [-0.25, -0.2) is 4.68 Å². The summed E-state index contributed by atoms with van der Waals surface area (Å²) < 4.78 is 6.89. The molecule has 0 radical (unpaired) electrons. The standard InChI is InChI=1S/C16H16BN3O3/c1-23-15-8-2-12(3-9-15)10-20-11-16(18-19-20)13-4-6-14(7-5-13)17(21)22/h2-9,11,21-22H,10H2,1H3. The molecule has 6 nitrogen and oxygen atoms in total. The molecule has 0 fully saturated rings. The Morgan fingerprint density at radius 1 is 1.04 bits per heavy atom. The first-order valence-electron chi connectivity index (χ1n) is 7.15. The van der Waals surface area contributed by atoms with Gasteiger partial charge in [0.25, 0.3) is 0 Å². The highest BCUT2D eigenvalue weighted by molar-refractivity contribution is 6.58. The first kappa shape index (κ1) is 15.3. The molecule has 1 heterocycles. The van der Waals surface area contributed by atoms with E-state index in [9.17, 15) is 0 Å². The van der Waals surface area contributed by atoms with Crippen molar-refractivity contribution in [3.05, 3.63) is 60.3 Å². The molecule has 0 saturated heterocycles. The van der Waals surface area contributed by atoms with E-state index in [1.807, 2.05) is 30.5 Å². The lowest BCUT2D eigenvalue weighted by atomic mass is 9.80. The predicted molar refractivity (Wildman–Crippen MR) is 87.4 cm³/mol. The maximum absolute atomic E-state index is 9.11. The fraction of sp³-hybridized carbons (Fsp3) is 0.125. The van der Waals surface area contributed by atoms with Gasteiger partial charge >= 0.3 is 7.12 Å². The van der Waals surface area contributed by atoms with Crippen molar-refractivity contribution in [1.29, 1.82) is 0 Å². The molecule has 116 valence electrons. The van der Waals surface area contributed by atoms with Gasteiger partial charge in [-0.3, -0.25) is 0 Å². The zero-order valence-corrected chi connectivity index (χ0v) is 12.6. The van der Waals surface area contributed by atoms with Gasteiger partial charge in [0.15, 0.2) is 0 Å². The Morgan fingerprint density at radius 2 is 1.74 bits per heavy atom. The number of hydrogen-bond donors (Lipinski definition) is 2. The molecular weight excluding hydrogens is 293 g/mol. The molecule has 7 heteroatoms. The molecule has 23 heavy (non-hydrogen) atoms. The molecule has 0 aliphatic rings. The van der Waals surface area contributed by atoms with E-state index in [-0.39, 0.29) is 0 Å². The van der Waals surface area contributed by atoms with Crippen molar-refractivity contribution in [2.75, 3.05) is 7.11 Å². The van der Waals surface area contributed by atoms with Gasteiger partial charge in [-0.2, -0.15) is 0 Å². The third-order valence-electron chi connectivity index (χ3n) is 3.55. The van der Waals surface area contributed by atoms with Crippen LogP contribution in [0.1, 0.15) is 5.56 Å². The molecule has 0 atom stereocenters. The van der Waals surface area contributed by atoms with Crippen LogP contribution in [0.4, 0.5) is 0 Å². The molecule has 1 aromatic heterocycles. The van der Waals surface area contributed by atoms with Crippen molar-refractivity contribution in [1.82, 2.24) is 15.0 Å². The molecule has 2 N–H and O–H groups in total. The van der Waals surface area contributed by atoms with Gasteiger partial charge in [0.2, 0.25) is 0 Å². The summed E-state index contributed by atoms with van der Waals surface area (Å²) in [6, 6.07) is 14.7. The highest BCUT2D eigenvalue weighted by Crippen LogP contribution is 2.16. The average molecular weight is 309 g/mol. The van der Waals surface area contributed by atoms with Gasteiger partial charge in [-0.05, 0) is 23.2 Å². The Bertz CT molecular complexity index is 770. The lowest BCUT2D eigenvalue weighted by Crippen LogP contribution is -2.29. The quantitative estimate of drug-likeness (QED) is 0.678. The second-order valence-corrected chi connectivity index (χ2v) is 5.15. The minimum atomic E-state index is -1.46. The molecule has 0 amide bonds. The minimum absolute atomic E-state index is 0.444. The number of ether oxygens (including phenoxy) is 1. The van der Waals surface area contributed by atoms with Crippen LogP contribution in [0, 0.1) is 0 Å². The molecule has 0 unspecified atom stereocenters. The number of benzene rings is 2. The lowest BCUT2D eigenvalue weighted by molar-refractivity contribution is 0.414. The molecule has 0 aliphatic heterocycles. The fourth-order valence-electron chi connectivity index (χ4n) is 2.25. The summed E-state index contributed by atoms with van der Waals surface area (Å²) >= 11 is 0. The monoisotopic (exact) mass is 309 g/mol. The maximum atomic E-state index is 9.11. The summed E-state index contributed by atoms with van der Waals surface area (Å²) in [5, 5.41) is 26.5. The lowest BCUT2D eigenvalue weighted by Gasteiger charge is -2.03. The van der Waals surface area contributed by atoms with E-state index in [1.165, 1.54) is 0 Å². The SMILES string of the molecule is COc1ccc(Cn2cc(-c3ccc(B(O)O)cc3)nn2)cc1. The Kier molecular flexibility index (Phi) is 4.41. The van der Waals surface area contributed by atoms with Crippen molar-refractivity contribution < 1.29 is 14.8 Å². The zero-order chi connectivity index (χ0) is 16.2. The smallest absolute Gasteiger partial charge is 0.488 e. The third-order valence-corrected chi connectivity index (χ3v) is 3.55. The van der Waals surface area contributed by atoms with Gasteiger partial charge in [0.05, 0.1) is 19.9 Å². The molecular formula is C16H16BN3O3. The summed E-state index contributed by atoms with van der Waals surface area (Å²) in [6.07, 6.45) is 1.86. The molecule has 0 saturated carbocycles. The van der Waals surface area contributed by atoms with Crippen molar-refractivity contribution >= 4 is 12.6 Å². The Balaban J connectivity index is 1.74. The molecule has 0 aliphatic carbocycles. The third kappa shape index (κ3) is 3.58. The van der Waals surface area contributed by atoms with Crippen LogP contribution in [0.15, 0.2) is 54.7 Å². The first-order valence-corrected chi connectivity index (χ1v) is 7.15. The zero-order valence-electron chi connectivity index (χ0n) is 12.6. The van der Waals surface area contributed by atoms with Crippen LogP contribution < -0.4 is 10.2 Å². The summed E-state index contributed by atoms with van der Waals surface area (Å²) in [7, 11) is 0.176. The van der Waals surface area contributed by atoms with Gasteiger partial charge in [-0.15, -0.1) is 5.10 Å². The van der Waals surface area contributed by atoms with Crippen molar-refractivity contribution in [3.63, 3.8) is 0 Å². The number of hydrogen-bond acceptors (Lipinski definition) is 5. The highest BCUT2D eigenvalue weighted by atomic mass is 16.5. The van der Waals surface area contributed by atoms with E-state index in [4.69, 9.17) is 14.8 Å². The van der Waals surface area contributed by atoms with E-state index in [2.05, 4.69) is 10.3 Å². The Labute approximate surface area is 134 Å². The van der Waals surface area contributed by atoms with E-state index in [0.717, 1.165) is 22.6 Å². The molecule has 2 aromatic carbocycles. The Morgan fingerprint density at radius 3 is 2.35 bits per heavy atom. The predicted octanol–water partition coefficient (Wildman–Crippen LogP) is 0.682. The summed E-state index contributed by atoms with van der Waals surface area (Å²) in [4.78, 5) is 0. The van der Waals surface area contributed by atoms with Crippen LogP contribution in [-0.4, -0.2) is 39.3 Å². The molecule has 3 rings (SSSR count). The van der Waals surface area contributed by atoms with Gasteiger partial charge in [-0.1, -0.05) is 41.6 Å².